The zero-order valence-corrected chi connectivity index (χ0v) is 8.62. The molecular weight excluding hydrogens is 170 g/mol. The summed E-state index contributed by atoms with van der Waals surface area (Å²) in [5.74, 6) is 0. The maximum absolute atomic E-state index is 9.60. The number of hydrogen-bond acceptors (Lipinski definition) is 4. The van der Waals surface area contributed by atoms with Gasteiger partial charge in [-0.3, -0.25) is 4.79 Å². The van der Waals surface area contributed by atoms with Crippen LogP contribution in [0.15, 0.2) is 0 Å². The molecule has 0 aromatic carbocycles. The van der Waals surface area contributed by atoms with Crippen LogP contribution in [0.3, 0.4) is 0 Å². The molecule has 0 radical (unpaired) electrons. The second kappa shape index (κ2) is 5.94. The van der Waals surface area contributed by atoms with Crippen molar-refractivity contribution in [2.75, 3.05) is 13.1 Å². The first kappa shape index (κ1) is 12.4. The molecule has 4 nitrogen and oxygen atoms in total. The summed E-state index contributed by atoms with van der Waals surface area (Å²) in [4.78, 5) is 9.60. The Morgan fingerprint density at radius 2 is 1.77 bits per heavy atom. The van der Waals surface area contributed by atoms with Crippen LogP contribution in [0.4, 0.5) is 0 Å². The molecule has 1 rings (SSSR count). The van der Waals surface area contributed by atoms with Gasteiger partial charge in [0, 0.05) is 13.1 Å². The van der Waals surface area contributed by atoms with E-state index in [-0.39, 0.29) is 5.60 Å². The predicted molar refractivity (Wildman–Crippen MR) is 49.5 cm³/mol. The molecule has 0 amide bonds. The van der Waals surface area contributed by atoms with Gasteiger partial charge in [0.2, 0.25) is 0 Å². The lowest BCUT2D eigenvalue weighted by molar-refractivity contribution is -0.138. The zero-order chi connectivity index (χ0) is 10.3. The first-order chi connectivity index (χ1) is 5.95. The lowest BCUT2D eigenvalue weighted by Crippen LogP contribution is -2.17. The lowest BCUT2D eigenvalue weighted by Gasteiger charge is -2.14. The van der Waals surface area contributed by atoms with E-state index in [1.807, 2.05) is 20.8 Å². The summed E-state index contributed by atoms with van der Waals surface area (Å²) in [5.41, 5.74) is -0.318. The largest absolute Gasteiger partial charge is 0.462 e. The Kier molecular flexibility index (Phi) is 5.66. The normalized spacial score (nSPS) is 17.5. The van der Waals surface area contributed by atoms with Crippen molar-refractivity contribution in [1.82, 2.24) is 5.06 Å². The average molecular weight is 189 g/mol. The second-order valence-corrected chi connectivity index (χ2v) is 3.99. The van der Waals surface area contributed by atoms with E-state index in [4.69, 9.17) is 5.21 Å². The monoisotopic (exact) mass is 189 g/mol. The molecule has 0 aromatic rings. The maximum Gasteiger partial charge on any atom is 0.293 e. The Bertz CT molecular complexity index is 136. The summed E-state index contributed by atoms with van der Waals surface area (Å²) in [6, 6.07) is 0. The smallest absolute Gasteiger partial charge is 0.293 e. The molecule has 1 heterocycles. The Labute approximate surface area is 79.4 Å². The predicted octanol–water partition coefficient (Wildman–Crippen LogP) is 1.43. The molecule has 1 aliphatic heterocycles. The molecule has 78 valence electrons. The molecule has 0 atom stereocenters. The van der Waals surface area contributed by atoms with Crippen molar-refractivity contribution >= 4 is 6.47 Å². The molecule has 0 saturated carbocycles. The fourth-order valence-electron chi connectivity index (χ4n) is 0.845. The molecule has 0 bridgehead atoms. The first-order valence-electron chi connectivity index (χ1n) is 4.51. The number of hydroxylamine groups is 2. The van der Waals surface area contributed by atoms with Gasteiger partial charge in [-0.1, -0.05) is 0 Å². The fourth-order valence-corrected chi connectivity index (χ4v) is 0.845. The third-order valence-electron chi connectivity index (χ3n) is 1.48. The van der Waals surface area contributed by atoms with Crippen LogP contribution in [0, 0.1) is 0 Å². The molecule has 0 unspecified atom stereocenters. The molecule has 13 heavy (non-hydrogen) atoms. The third kappa shape index (κ3) is 9.30. The topological polar surface area (TPSA) is 49.8 Å². The number of carbonyl (C=O) groups is 1. The van der Waals surface area contributed by atoms with Gasteiger partial charge in [0.1, 0.15) is 5.60 Å². The van der Waals surface area contributed by atoms with E-state index in [1.54, 1.807) is 0 Å². The number of rotatable bonds is 1. The van der Waals surface area contributed by atoms with Gasteiger partial charge in [-0.05, 0) is 33.6 Å². The quantitative estimate of drug-likeness (QED) is 0.634. The minimum atomic E-state index is -0.318. The Hall–Kier alpha value is -0.610. The van der Waals surface area contributed by atoms with Gasteiger partial charge in [0.05, 0.1) is 0 Å². The van der Waals surface area contributed by atoms with Gasteiger partial charge in [0.25, 0.3) is 6.47 Å². The number of hydrogen-bond donors (Lipinski definition) is 1. The highest BCUT2D eigenvalue weighted by atomic mass is 16.5. The highest BCUT2D eigenvalue weighted by Crippen LogP contribution is 2.02. The zero-order valence-electron chi connectivity index (χ0n) is 8.62. The summed E-state index contributed by atoms with van der Waals surface area (Å²) >= 11 is 0. The van der Waals surface area contributed by atoms with Crippen LogP contribution in [-0.2, 0) is 9.53 Å². The molecule has 1 aliphatic rings. The molecular formula is C9H19NO3. The van der Waals surface area contributed by atoms with E-state index in [2.05, 4.69) is 4.74 Å². The molecule has 0 spiro atoms. The van der Waals surface area contributed by atoms with E-state index in [9.17, 15) is 4.79 Å². The van der Waals surface area contributed by atoms with Crippen molar-refractivity contribution in [2.24, 2.45) is 0 Å². The van der Waals surface area contributed by atoms with Gasteiger partial charge >= 0.3 is 0 Å². The van der Waals surface area contributed by atoms with Crippen LogP contribution in [0.5, 0.6) is 0 Å². The summed E-state index contributed by atoms with van der Waals surface area (Å²) in [6.45, 7) is 7.67. The van der Waals surface area contributed by atoms with E-state index in [0.29, 0.717) is 6.47 Å². The second-order valence-electron chi connectivity index (χ2n) is 3.99. The van der Waals surface area contributed by atoms with Crippen molar-refractivity contribution in [1.29, 1.82) is 0 Å². The Morgan fingerprint density at radius 3 is 1.85 bits per heavy atom. The molecule has 1 fully saturated rings. The summed E-state index contributed by atoms with van der Waals surface area (Å²) in [6.07, 6.45) is 2.33. The van der Waals surface area contributed by atoms with Crippen LogP contribution in [0.2, 0.25) is 0 Å². The van der Waals surface area contributed by atoms with Crippen molar-refractivity contribution in [2.45, 2.75) is 39.2 Å². The standard InChI is InChI=1S/C5H10O2.C4H9NO/c1-5(2,3)7-4-6;6-5-3-1-2-4-5/h4H,1-3H3;6H,1-4H2. The van der Waals surface area contributed by atoms with E-state index in [1.165, 1.54) is 5.06 Å². The van der Waals surface area contributed by atoms with Crippen LogP contribution in [-0.4, -0.2) is 35.4 Å². The summed E-state index contributed by atoms with van der Waals surface area (Å²) < 4.78 is 4.55. The molecule has 1 saturated heterocycles. The van der Waals surface area contributed by atoms with Crippen LogP contribution >= 0.6 is 0 Å². The molecule has 0 aromatic heterocycles. The summed E-state index contributed by atoms with van der Waals surface area (Å²) in [7, 11) is 0. The van der Waals surface area contributed by atoms with Gasteiger partial charge < -0.3 is 9.94 Å². The van der Waals surface area contributed by atoms with Crippen LogP contribution < -0.4 is 0 Å². The van der Waals surface area contributed by atoms with Crippen molar-refractivity contribution < 1.29 is 14.7 Å². The van der Waals surface area contributed by atoms with E-state index < -0.39 is 0 Å². The van der Waals surface area contributed by atoms with Gasteiger partial charge in [0.15, 0.2) is 0 Å². The molecule has 0 aliphatic carbocycles. The maximum atomic E-state index is 9.60. The third-order valence-corrected chi connectivity index (χ3v) is 1.48. The van der Waals surface area contributed by atoms with E-state index in [0.717, 1.165) is 25.9 Å². The van der Waals surface area contributed by atoms with Crippen molar-refractivity contribution in [3.63, 3.8) is 0 Å². The fraction of sp³-hybridized carbons (Fsp3) is 0.889. The Morgan fingerprint density at radius 1 is 1.31 bits per heavy atom. The number of carbonyl (C=O) groups excluding carboxylic acids is 1. The van der Waals surface area contributed by atoms with Gasteiger partial charge in [-0.25, -0.2) is 0 Å². The van der Waals surface area contributed by atoms with Crippen LogP contribution in [0.1, 0.15) is 33.6 Å². The molecule has 4 heteroatoms. The lowest BCUT2D eigenvalue weighted by atomic mass is 10.2. The van der Waals surface area contributed by atoms with Crippen molar-refractivity contribution in [3.05, 3.63) is 0 Å². The minimum absolute atomic E-state index is 0.318. The summed E-state index contributed by atoms with van der Waals surface area (Å²) in [5, 5.41) is 9.92. The first-order valence-corrected chi connectivity index (χ1v) is 4.51. The number of nitrogens with zero attached hydrogens (tertiary/aromatic N) is 1. The SMILES string of the molecule is CC(C)(C)OC=O.ON1CCCC1. The van der Waals surface area contributed by atoms with Crippen molar-refractivity contribution in [3.8, 4) is 0 Å². The molecule has 1 N–H and O–H groups in total. The highest BCUT2D eigenvalue weighted by Gasteiger charge is 2.07. The van der Waals surface area contributed by atoms with Crippen LogP contribution in [0.25, 0.3) is 0 Å². The number of ether oxygens (including phenoxy) is 1. The minimum Gasteiger partial charge on any atom is -0.462 e. The highest BCUT2D eigenvalue weighted by molar-refractivity contribution is 5.37. The van der Waals surface area contributed by atoms with Gasteiger partial charge in [-0.2, -0.15) is 5.06 Å². The van der Waals surface area contributed by atoms with E-state index >= 15 is 0 Å². The average Bonchev–Trinajstić information content (AvgIpc) is 2.38. The Balaban J connectivity index is 0.000000223. The van der Waals surface area contributed by atoms with Gasteiger partial charge in [-0.15, -0.1) is 0 Å².